The minimum atomic E-state index is 0.875. The molecule has 1 heteroatoms. The van der Waals surface area contributed by atoms with E-state index in [4.69, 9.17) is 4.74 Å². The van der Waals surface area contributed by atoms with Crippen LogP contribution in [0.2, 0.25) is 0 Å². The number of ether oxygens (including phenoxy) is 1. The molecule has 1 aliphatic heterocycles. The minimum absolute atomic E-state index is 0.875. The fourth-order valence-corrected chi connectivity index (χ4v) is 2.02. The van der Waals surface area contributed by atoms with E-state index in [1.807, 2.05) is 0 Å². The zero-order valence-corrected chi connectivity index (χ0v) is 7.81. The summed E-state index contributed by atoms with van der Waals surface area (Å²) in [5, 5.41) is 0. The second-order valence-corrected chi connectivity index (χ2v) is 3.63. The van der Waals surface area contributed by atoms with Crippen LogP contribution in [-0.4, -0.2) is 13.2 Å². The van der Waals surface area contributed by atoms with Crippen molar-refractivity contribution in [1.29, 1.82) is 0 Å². The lowest BCUT2D eigenvalue weighted by molar-refractivity contribution is 0.178. The summed E-state index contributed by atoms with van der Waals surface area (Å²) in [6.07, 6.45) is 5.36. The van der Waals surface area contributed by atoms with Gasteiger partial charge in [0, 0.05) is 13.2 Å². The topological polar surface area (TPSA) is 9.23 Å². The monoisotopic (exact) mass is 156 g/mol. The van der Waals surface area contributed by atoms with Crippen LogP contribution in [0.3, 0.4) is 0 Å². The Morgan fingerprint density at radius 2 is 1.45 bits per heavy atom. The molecule has 2 atom stereocenters. The smallest absolute Gasteiger partial charge is 0.0497 e. The lowest BCUT2D eigenvalue weighted by Crippen LogP contribution is -2.11. The van der Waals surface area contributed by atoms with Gasteiger partial charge in [0.2, 0.25) is 0 Å². The highest BCUT2D eigenvalue weighted by Crippen LogP contribution is 2.28. The maximum Gasteiger partial charge on any atom is 0.0497 e. The van der Waals surface area contributed by atoms with E-state index in [1.54, 1.807) is 0 Å². The van der Waals surface area contributed by atoms with E-state index in [2.05, 4.69) is 13.8 Å². The summed E-state index contributed by atoms with van der Waals surface area (Å²) in [5.41, 5.74) is 0. The molecule has 11 heavy (non-hydrogen) atoms. The zero-order chi connectivity index (χ0) is 8.10. The third-order valence-electron chi connectivity index (χ3n) is 2.65. The first-order valence-electron chi connectivity index (χ1n) is 4.96. The molecular formula is C10H20O. The third kappa shape index (κ3) is 2.48. The second kappa shape index (κ2) is 4.76. The summed E-state index contributed by atoms with van der Waals surface area (Å²) in [6.45, 7) is 6.58. The molecule has 0 aliphatic carbocycles. The molecule has 0 aromatic heterocycles. The summed E-state index contributed by atoms with van der Waals surface area (Å²) in [5.74, 6) is 1.75. The lowest BCUT2D eigenvalue weighted by Gasteiger charge is -2.14. The van der Waals surface area contributed by atoms with Gasteiger partial charge in [0.25, 0.3) is 0 Å². The van der Waals surface area contributed by atoms with Gasteiger partial charge < -0.3 is 4.74 Å². The molecule has 1 aliphatic rings. The van der Waals surface area contributed by atoms with Crippen LogP contribution >= 0.6 is 0 Å². The fourth-order valence-electron chi connectivity index (χ4n) is 2.02. The Labute approximate surface area is 70.1 Å². The first-order valence-corrected chi connectivity index (χ1v) is 4.96. The highest BCUT2D eigenvalue weighted by molar-refractivity contribution is 4.74. The van der Waals surface area contributed by atoms with E-state index in [0.717, 1.165) is 25.0 Å². The Bertz CT molecular complexity index is 89.0. The number of hydrogen-bond donors (Lipinski definition) is 0. The Hall–Kier alpha value is -0.0400. The molecule has 0 spiro atoms. The van der Waals surface area contributed by atoms with Crippen molar-refractivity contribution in [2.75, 3.05) is 13.2 Å². The van der Waals surface area contributed by atoms with E-state index in [-0.39, 0.29) is 0 Å². The van der Waals surface area contributed by atoms with Gasteiger partial charge in [0.1, 0.15) is 0 Å². The quantitative estimate of drug-likeness (QED) is 0.608. The maximum absolute atomic E-state index is 5.47. The molecule has 0 N–H and O–H groups in total. The summed E-state index contributed by atoms with van der Waals surface area (Å²) < 4.78 is 5.47. The molecule has 1 fully saturated rings. The van der Waals surface area contributed by atoms with Crippen LogP contribution in [0.1, 0.15) is 39.5 Å². The SMILES string of the molecule is CCC[C@H]1COC[C@@H]1CCC. The molecule has 0 saturated carbocycles. The van der Waals surface area contributed by atoms with E-state index in [9.17, 15) is 0 Å². The standard InChI is InChI=1S/C10H20O/c1-3-5-9-7-11-8-10(9)6-4-2/h9-10H,3-8H2,1-2H3/t9-,10-/m0/s1. The van der Waals surface area contributed by atoms with Gasteiger partial charge in [-0.2, -0.15) is 0 Å². The maximum atomic E-state index is 5.47. The van der Waals surface area contributed by atoms with E-state index in [1.165, 1.54) is 25.7 Å². The Balaban J connectivity index is 2.25. The average Bonchev–Trinajstić information content (AvgIpc) is 2.39. The number of rotatable bonds is 4. The zero-order valence-electron chi connectivity index (χ0n) is 7.81. The highest BCUT2D eigenvalue weighted by Gasteiger charge is 2.25. The van der Waals surface area contributed by atoms with Crippen LogP contribution in [0.25, 0.3) is 0 Å². The van der Waals surface area contributed by atoms with Crippen molar-refractivity contribution in [1.82, 2.24) is 0 Å². The van der Waals surface area contributed by atoms with Crippen LogP contribution in [0.15, 0.2) is 0 Å². The van der Waals surface area contributed by atoms with Crippen LogP contribution in [0.4, 0.5) is 0 Å². The Kier molecular flexibility index (Phi) is 3.92. The first kappa shape index (κ1) is 9.05. The second-order valence-electron chi connectivity index (χ2n) is 3.63. The Morgan fingerprint density at radius 1 is 1.00 bits per heavy atom. The number of hydrogen-bond acceptors (Lipinski definition) is 1. The Morgan fingerprint density at radius 3 is 1.82 bits per heavy atom. The predicted octanol–water partition coefficient (Wildman–Crippen LogP) is 2.85. The van der Waals surface area contributed by atoms with E-state index >= 15 is 0 Å². The predicted molar refractivity (Wildman–Crippen MR) is 47.6 cm³/mol. The molecule has 0 bridgehead atoms. The fraction of sp³-hybridized carbons (Fsp3) is 1.00. The van der Waals surface area contributed by atoms with Gasteiger partial charge in [-0.15, -0.1) is 0 Å². The summed E-state index contributed by atoms with van der Waals surface area (Å²) in [6, 6.07) is 0. The van der Waals surface area contributed by atoms with Crippen molar-refractivity contribution < 1.29 is 4.74 Å². The molecule has 66 valence electrons. The molecular weight excluding hydrogens is 136 g/mol. The van der Waals surface area contributed by atoms with Crippen molar-refractivity contribution in [3.05, 3.63) is 0 Å². The molecule has 0 aromatic rings. The summed E-state index contributed by atoms with van der Waals surface area (Å²) >= 11 is 0. The van der Waals surface area contributed by atoms with Gasteiger partial charge in [-0.1, -0.05) is 26.7 Å². The van der Waals surface area contributed by atoms with Gasteiger partial charge in [0.05, 0.1) is 0 Å². The van der Waals surface area contributed by atoms with Crippen LogP contribution in [0.5, 0.6) is 0 Å². The van der Waals surface area contributed by atoms with Crippen molar-refractivity contribution in [2.24, 2.45) is 11.8 Å². The molecule has 0 amide bonds. The van der Waals surface area contributed by atoms with E-state index in [0.29, 0.717) is 0 Å². The summed E-state index contributed by atoms with van der Waals surface area (Å²) in [4.78, 5) is 0. The minimum Gasteiger partial charge on any atom is -0.381 e. The van der Waals surface area contributed by atoms with Gasteiger partial charge in [-0.05, 0) is 24.7 Å². The molecule has 1 heterocycles. The molecule has 0 radical (unpaired) electrons. The van der Waals surface area contributed by atoms with Gasteiger partial charge in [0.15, 0.2) is 0 Å². The first-order chi connectivity index (χ1) is 5.38. The summed E-state index contributed by atoms with van der Waals surface area (Å²) in [7, 11) is 0. The molecule has 0 unspecified atom stereocenters. The highest BCUT2D eigenvalue weighted by atomic mass is 16.5. The molecule has 1 saturated heterocycles. The normalized spacial score (nSPS) is 31.1. The van der Waals surface area contributed by atoms with Crippen molar-refractivity contribution in [3.63, 3.8) is 0 Å². The van der Waals surface area contributed by atoms with Crippen molar-refractivity contribution in [3.8, 4) is 0 Å². The van der Waals surface area contributed by atoms with Crippen molar-refractivity contribution >= 4 is 0 Å². The van der Waals surface area contributed by atoms with Gasteiger partial charge >= 0.3 is 0 Å². The average molecular weight is 156 g/mol. The van der Waals surface area contributed by atoms with Gasteiger partial charge in [-0.3, -0.25) is 0 Å². The van der Waals surface area contributed by atoms with Crippen LogP contribution < -0.4 is 0 Å². The van der Waals surface area contributed by atoms with Crippen LogP contribution in [-0.2, 0) is 4.74 Å². The van der Waals surface area contributed by atoms with Gasteiger partial charge in [-0.25, -0.2) is 0 Å². The van der Waals surface area contributed by atoms with E-state index < -0.39 is 0 Å². The third-order valence-corrected chi connectivity index (χ3v) is 2.65. The molecule has 1 nitrogen and oxygen atoms in total. The molecule has 1 rings (SSSR count). The molecule has 0 aromatic carbocycles. The lowest BCUT2D eigenvalue weighted by atomic mass is 9.89. The largest absolute Gasteiger partial charge is 0.381 e. The van der Waals surface area contributed by atoms with Crippen LogP contribution in [0, 0.1) is 11.8 Å². The van der Waals surface area contributed by atoms with Crippen molar-refractivity contribution in [2.45, 2.75) is 39.5 Å².